The lowest BCUT2D eigenvalue weighted by Crippen LogP contribution is -2.52. The third-order valence-electron chi connectivity index (χ3n) is 6.07. The number of benzene rings is 2. The summed E-state index contributed by atoms with van der Waals surface area (Å²) in [6.07, 6.45) is 1.51. The van der Waals surface area contributed by atoms with E-state index < -0.39 is 0 Å². The Kier molecular flexibility index (Phi) is 7.12. The number of aromatic hydroxyl groups is 1. The van der Waals surface area contributed by atoms with Gasteiger partial charge in [0.1, 0.15) is 5.75 Å². The number of carbonyl (C=O) groups excluding carboxylic acids is 2. The average Bonchev–Trinajstić information content (AvgIpc) is 3.08. The van der Waals surface area contributed by atoms with Gasteiger partial charge in [-0.05, 0) is 44.0 Å². The van der Waals surface area contributed by atoms with Crippen molar-refractivity contribution in [2.45, 2.75) is 19.8 Å². The summed E-state index contributed by atoms with van der Waals surface area (Å²) in [6.45, 7) is 7.13. The van der Waals surface area contributed by atoms with Crippen molar-refractivity contribution in [2.24, 2.45) is 4.99 Å². The maximum Gasteiger partial charge on any atom is 0.261 e. The number of nitrogens with one attached hydrogen (secondary N) is 1. The number of fused-ring (bicyclic) bond motifs is 1. The SMILES string of the molecule is CCNC(=NCCCCN1C(=O)c2ccccc2C1=O)N1CCN(c2ccccc2O)CC1. The molecule has 0 unspecified atom stereocenters. The minimum Gasteiger partial charge on any atom is -0.506 e. The van der Waals surface area contributed by atoms with E-state index in [4.69, 9.17) is 4.99 Å². The highest BCUT2D eigenvalue weighted by Crippen LogP contribution is 2.27. The van der Waals surface area contributed by atoms with E-state index in [1.165, 1.54) is 4.90 Å². The number of unbranched alkanes of at least 4 members (excludes halogenated alkanes) is 1. The number of aliphatic imine (C=N–C) groups is 1. The van der Waals surface area contributed by atoms with Crippen molar-refractivity contribution in [3.63, 3.8) is 0 Å². The van der Waals surface area contributed by atoms with Gasteiger partial charge in [0, 0.05) is 45.8 Å². The van der Waals surface area contributed by atoms with Crippen molar-refractivity contribution in [1.29, 1.82) is 0 Å². The molecule has 2 aliphatic rings. The van der Waals surface area contributed by atoms with Gasteiger partial charge in [-0.3, -0.25) is 19.5 Å². The van der Waals surface area contributed by atoms with E-state index in [9.17, 15) is 14.7 Å². The van der Waals surface area contributed by atoms with Gasteiger partial charge in [-0.15, -0.1) is 0 Å². The number of piperazine rings is 1. The van der Waals surface area contributed by atoms with Crippen LogP contribution in [0.2, 0.25) is 0 Å². The van der Waals surface area contributed by atoms with Gasteiger partial charge in [0.25, 0.3) is 11.8 Å². The van der Waals surface area contributed by atoms with E-state index in [0.29, 0.717) is 30.0 Å². The molecule has 0 saturated carbocycles. The molecule has 2 aromatic carbocycles. The number of rotatable bonds is 7. The lowest BCUT2D eigenvalue weighted by Gasteiger charge is -2.37. The zero-order valence-electron chi connectivity index (χ0n) is 19.0. The molecule has 0 spiro atoms. The van der Waals surface area contributed by atoms with Crippen LogP contribution in [0.15, 0.2) is 53.5 Å². The summed E-state index contributed by atoms with van der Waals surface area (Å²) in [5, 5.41) is 13.5. The molecule has 33 heavy (non-hydrogen) atoms. The minimum absolute atomic E-state index is 0.199. The number of hydrogen-bond acceptors (Lipinski definition) is 5. The van der Waals surface area contributed by atoms with Crippen LogP contribution in [-0.2, 0) is 0 Å². The first-order chi connectivity index (χ1) is 16.1. The molecule has 1 saturated heterocycles. The van der Waals surface area contributed by atoms with E-state index >= 15 is 0 Å². The van der Waals surface area contributed by atoms with Gasteiger partial charge in [-0.25, -0.2) is 0 Å². The lowest BCUT2D eigenvalue weighted by atomic mass is 10.1. The Morgan fingerprint density at radius 3 is 2.21 bits per heavy atom. The van der Waals surface area contributed by atoms with E-state index in [-0.39, 0.29) is 11.8 Å². The van der Waals surface area contributed by atoms with E-state index in [1.807, 2.05) is 18.2 Å². The third-order valence-corrected chi connectivity index (χ3v) is 6.07. The maximum absolute atomic E-state index is 12.5. The van der Waals surface area contributed by atoms with Crippen LogP contribution in [0, 0.1) is 0 Å². The van der Waals surface area contributed by atoms with E-state index in [0.717, 1.165) is 57.2 Å². The molecule has 0 bridgehead atoms. The van der Waals surface area contributed by atoms with Crippen LogP contribution < -0.4 is 10.2 Å². The Bertz CT molecular complexity index is 995. The van der Waals surface area contributed by atoms with Crippen molar-refractivity contribution >= 4 is 23.5 Å². The minimum atomic E-state index is -0.199. The molecule has 174 valence electrons. The summed E-state index contributed by atoms with van der Waals surface area (Å²) in [4.78, 5) is 35.5. The molecule has 2 aliphatic heterocycles. The molecule has 2 heterocycles. The number of phenolic OH excluding ortho intramolecular Hbond substituents is 1. The van der Waals surface area contributed by atoms with Gasteiger partial charge in [0.15, 0.2) is 5.96 Å². The van der Waals surface area contributed by atoms with Crippen LogP contribution in [0.3, 0.4) is 0 Å². The normalized spacial score (nSPS) is 16.4. The molecule has 1 fully saturated rings. The second-order valence-corrected chi connectivity index (χ2v) is 8.21. The highest BCUT2D eigenvalue weighted by atomic mass is 16.3. The van der Waals surface area contributed by atoms with Crippen molar-refractivity contribution < 1.29 is 14.7 Å². The highest BCUT2D eigenvalue weighted by molar-refractivity contribution is 6.21. The van der Waals surface area contributed by atoms with E-state index in [1.54, 1.807) is 30.3 Å². The molecule has 8 nitrogen and oxygen atoms in total. The molecule has 4 rings (SSSR count). The molecule has 0 radical (unpaired) electrons. The smallest absolute Gasteiger partial charge is 0.261 e. The Hall–Kier alpha value is -3.55. The fourth-order valence-corrected chi connectivity index (χ4v) is 4.33. The number of amides is 2. The zero-order chi connectivity index (χ0) is 23.2. The molecular formula is C25H31N5O3. The van der Waals surface area contributed by atoms with Gasteiger partial charge in [0.2, 0.25) is 0 Å². The van der Waals surface area contributed by atoms with Crippen molar-refractivity contribution in [2.75, 3.05) is 50.7 Å². The van der Waals surface area contributed by atoms with Gasteiger partial charge >= 0.3 is 0 Å². The first-order valence-corrected chi connectivity index (χ1v) is 11.6. The van der Waals surface area contributed by atoms with Crippen molar-refractivity contribution in [1.82, 2.24) is 15.1 Å². The summed E-state index contributed by atoms with van der Waals surface area (Å²) in [5.74, 6) is 0.796. The summed E-state index contributed by atoms with van der Waals surface area (Å²) in [6, 6.07) is 14.4. The van der Waals surface area contributed by atoms with Crippen LogP contribution in [0.1, 0.15) is 40.5 Å². The van der Waals surface area contributed by atoms with Gasteiger partial charge in [0.05, 0.1) is 16.8 Å². The van der Waals surface area contributed by atoms with Crippen LogP contribution in [0.5, 0.6) is 5.75 Å². The largest absolute Gasteiger partial charge is 0.506 e. The first kappa shape index (κ1) is 22.6. The number of anilines is 1. The number of nitrogens with zero attached hydrogens (tertiary/aromatic N) is 4. The summed E-state index contributed by atoms with van der Waals surface area (Å²) < 4.78 is 0. The molecule has 2 amide bonds. The Morgan fingerprint density at radius 2 is 1.58 bits per heavy atom. The Labute approximate surface area is 194 Å². The number of carbonyl (C=O) groups is 2. The average molecular weight is 450 g/mol. The molecule has 2 N–H and O–H groups in total. The van der Waals surface area contributed by atoms with Gasteiger partial charge < -0.3 is 20.2 Å². The zero-order valence-corrected chi connectivity index (χ0v) is 19.0. The van der Waals surface area contributed by atoms with Crippen molar-refractivity contribution in [3.05, 3.63) is 59.7 Å². The fraction of sp³-hybridized carbons (Fsp3) is 0.400. The van der Waals surface area contributed by atoms with E-state index in [2.05, 4.69) is 22.0 Å². The van der Waals surface area contributed by atoms with Crippen LogP contribution in [-0.4, -0.2) is 78.5 Å². The van der Waals surface area contributed by atoms with Crippen LogP contribution >= 0.6 is 0 Å². The molecule has 2 aromatic rings. The first-order valence-electron chi connectivity index (χ1n) is 11.6. The highest BCUT2D eigenvalue weighted by Gasteiger charge is 2.34. The number of guanidine groups is 1. The van der Waals surface area contributed by atoms with Crippen molar-refractivity contribution in [3.8, 4) is 5.75 Å². The third kappa shape index (κ3) is 4.94. The number of imide groups is 1. The number of hydrogen-bond donors (Lipinski definition) is 2. The second kappa shape index (κ2) is 10.4. The molecule has 8 heteroatoms. The van der Waals surface area contributed by atoms with Gasteiger partial charge in [-0.2, -0.15) is 0 Å². The standard InChI is InChI=1S/C25H31N5O3/c1-2-26-25(29-17-15-28(16-18-29)21-11-5-6-12-22(21)31)27-13-7-8-14-30-23(32)19-9-3-4-10-20(19)24(30)33/h3-6,9-12,31H,2,7-8,13-18H2,1H3,(H,26,27). The Balaban J connectivity index is 1.26. The maximum atomic E-state index is 12.5. The number of para-hydroxylation sites is 2. The lowest BCUT2D eigenvalue weighted by molar-refractivity contribution is 0.0652. The topological polar surface area (TPSA) is 88.5 Å². The predicted octanol–water partition coefficient (Wildman–Crippen LogP) is 2.56. The molecular weight excluding hydrogens is 418 g/mol. The molecule has 0 aromatic heterocycles. The molecule has 0 atom stereocenters. The number of phenols is 1. The fourth-order valence-electron chi connectivity index (χ4n) is 4.33. The van der Waals surface area contributed by atoms with Gasteiger partial charge in [-0.1, -0.05) is 24.3 Å². The quantitative estimate of drug-likeness (QED) is 0.292. The molecule has 0 aliphatic carbocycles. The summed E-state index contributed by atoms with van der Waals surface area (Å²) in [5.41, 5.74) is 1.86. The Morgan fingerprint density at radius 1 is 0.939 bits per heavy atom. The monoisotopic (exact) mass is 449 g/mol. The predicted molar refractivity (Wildman–Crippen MR) is 129 cm³/mol. The van der Waals surface area contributed by atoms with Crippen LogP contribution in [0.4, 0.5) is 5.69 Å². The van der Waals surface area contributed by atoms with Crippen LogP contribution in [0.25, 0.3) is 0 Å². The summed E-state index contributed by atoms with van der Waals surface area (Å²) >= 11 is 0. The second-order valence-electron chi connectivity index (χ2n) is 8.21. The summed E-state index contributed by atoms with van der Waals surface area (Å²) in [7, 11) is 0.